The zero-order valence-electron chi connectivity index (χ0n) is 6.32. The number of rotatable bonds is 0. The van der Waals surface area contributed by atoms with E-state index in [9.17, 15) is 0 Å². The van der Waals surface area contributed by atoms with Gasteiger partial charge in [-0.05, 0) is 31.6 Å². The lowest BCUT2D eigenvalue weighted by Gasteiger charge is -2.02. The van der Waals surface area contributed by atoms with Crippen LogP contribution < -0.4 is 0 Å². The summed E-state index contributed by atoms with van der Waals surface area (Å²) in [6.45, 7) is 6.35. The summed E-state index contributed by atoms with van der Waals surface area (Å²) in [5.41, 5.74) is 1.47. The molecule has 1 atom stereocenters. The molecule has 0 aromatic carbocycles. The second-order valence-corrected chi connectivity index (χ2v) is 3.29. The molecule has 0 radical (unpaired) electrons. The molecule has 0 amide bonds. The maximum atomic E-state index is 4.01. The number of hydrogen-bond acceptors (Lipinski definition) is 0. The highest BCUT2D eigenvalue weighted by Crippen LogP contribution is 2.24. The largest absolute Gasteiger partial charge is 0.0999 e. The van der Waals surface area contributed by atoms with Crippen LogP contribution in [0.3, 0.4) is 0 Å². The van der Waals surface area contributed by atoms with E-state index in [1.807, 2.05) is 0 Å². The van der Waals surface area contributed by atoms with Gasteiger partial charge in [0.25, 0.3) is 0 Å². The molecule has 1 saturated carbocycles. The van der Waals surface area contributed by atoms with Crippen LogP contribution in [0.1, 0.15) is 39.0 Å². The number of allylic oxidation sites excluding steroid dienone is 1. The second-order valence-electron chi connectivity index (χ2n) is 3.29. The first-order valence-corrected chi connectivity index (χ1v) is 3.95. The van der Waals surface area contributed by atoms with Gasteiger partial charge >= 0.3 is 0 Å². The Morgan fingerprint density at radius 2 is 2.11 bits per heavy atom. The molecule has 1 aliphatic carbocycles. The molecule has 0 heterocycles. The minimum Gasteiger partial charge on any atom is -0.0999 e. The Balaban J connectivity index is 2.34. The number of hydrogen-bond donors (Lipinski definition) is 0. The van der Waals surface area contributed by atoms with E-state index in [2.05, 4.69) is 13.5 Å². The standard InChI is InChI=1S/C9H16/c1-8-4-3-5-9(2)7-6-8/h9H,1,3-7H2,2H3/t9-/m1/s1. The Bertz CT molecular complexity index is 103. The molecule has 9 heavy (non-hydrogen) atoms. The van der Waals surface area contributed by atoms with E-state index in [-0.39, 0.29) is 0 Å². The third kappa shape index (κ3) is 2.21. The van der Waals surface area contributed by atoms with Gasteiger partial charge in [-0.3, -0.25) is 0 Å². The van der Waals surface area contributed by atoms with Crippen LogP contribution in [0, 0.1) is 5.92 Å². The Kier molecular flexibility index (Phi) is 2.32. The van der Waals surface area contributed by atoms with Gasteiger partial charge in [-0.2, -0.15) is 0 Å². The average Bonchev–Trinajstić information content (AvgIpc) is 1.97. The second kappa shape index (κ2) is 3.05. The molecule has 1 rings (SSSR count). The van der Waals surface area contributed by atoms with E-state index >= 15 is 0 Å². The highest BCUT2D eigenvalue weighted by molar-refractivity contribution is 4.95. The lowest BCUT2D eigenvalue weighted by Crippen LogP contribution is -1.89. The summed E-state index contributed by atoms with van der Waals surface area (Å²) in [6, 6.07) is 0. The maximum Gasteiger partial charge on any atom is -0.0320 e. The molecule has 0 aliphatic heterocycles. The van der Waals surface area contributed by atoms with Gasteiger partial charge in [0.15, 0.2) is 0 Å². The van der Waals surface area contributed by atoms with E-state index < -0.39 is 0 Å². The zero-order valence-corrected chi connectivity index (χ0v) is 6.32. The molecule has 52 valence electrons. The maximum absolute atomic E-state index is 4.01. The van der Waals surface area contributed by atoms with Crippen LogP contribution in [0.4, 0.5) is 0 Å². The molecule has 0 bridgehead atoms. The van der Waals surface area contributed by atoms with Gasteiger partial charge in [-0.15, -0.1) is 0 Å². The van der Waals surface area contributed by atoms with Crippen molar-refractivity contribution in [3.63, 3.8) is 0 Å². The minimum atomic E-state index is 0.948. The summed E-state index contributed by atoms with van der Waals surface area (Å²) in [4.78, 5) is 0. The summed E-state index contributed by atoms with van der Waals surface area (Å²) in [6.07, 6.45) is 6.73. The van der Waals surface area contributed by atoms with Crippen LogP contribution in [0.15, 0.2) is 12.2 Å². The van der Waals surface area contributed by atoms with Crippen molar-refractivity contribution in [2.24, 2.45) is 5.92 Å². The molecule has 0 nitrogen and oxygen atoms in total. The van der Waals surface area contributed by atoms with E-state index in [0.29, 0.717) is 0 Å². The average molecular weight is 124 g/mol. The Hall–Kier alpha value is -0.260. The van der Waals surface area contributed by atoms with E-state index in [1.165, 1.54) is 37.7 Å². The lowest BCUT2D eigenvalue weighted by atomic mass is 10.0. The first kappa shape index (κ1) is 6.85. The van der Waals surface area contributed by atoms with Crippen molar-refractivity contribution < 1.29 is 0 Å². The summed E-state index contributed by atoms with van der Waals surface area (Å²) in [5.74, 6) is 0.948. The van der Waals surface area contributed by atoms with Crippen molar-refractivity contribution in [3.8, 4) is 0 Å². The predicted octanol–water partition coefficient (Wildman–Crippen LogP) is 3.14. The molecule has 0 N–H and O–H groups in total. The summed E-state index contributed by atoms with van der Waals surface area (Å²) in [5, 5.41) is 0. The molecular formula is C9H16. The smallest absolute Gasteiger partial charge is 0.0320 e. The molecule has 0 saturated heterocycles. The molecule has 0 heteroatoms. The van der Waals surface area contributed by atoms with Crippen LogP contribution in [-0.2, 0) is 0 Å². The molecular weight excluding hydrogens is 108 g/mol. The highest BCUT2D eigenvalue weighted by atomic mass is 14.1. The topological polar surface area (TPSA) is 0 Å². The van der Waals surface area contributed by atoms with Gasteiger partial charge in [-0.1, -0.05) is 25.5 Å². The van der Waals surface area contributed by atoms with E-state index in [0.717, 1.165) is 5.92 Å². The third-order valence-corrected chi connectivity index (χ3v) is 2.22. The molecule has 0 unspecified atom stereocenters. The van der Waals surface area contributed by atoms with Crippen LogP contribution in [0.2, 0.25) is 0 Å². The molecule has 1 fully saturated rings. The SMILES string of the molecule is C=C1CCC[C@@H](C)CC1. The van der Waals surface area contributed by atoms with Crippen molar-refractivity contribution in [1.82, 2.24) is 0 Å². The lowest BCUT2D eigenvalue weighted by molar-refractivity contribution is 0.507. The third-order valence-electron chi connectivity index (χ3n) is 2.22. The first-order valence-electron chi connectivity index (χ1n) is 3.95. The van der Waals surface area contributed by atoms with Crippen molar-refractivity contribution >= 4 is 0 Å². The van der Waals surface area contributed by atoms with Crippen LogP contribution in [-0.4, -0.2) is 0 Å². The summed E-state index contributed by atoms with van der Waals surface area (Å²) >= 11 is 0. The minimum absolute atomic E-state index is 0.948. The van der Waals surface area contributed by atoms with Crippen molar-refractivity contribution in [1.29, 1.82) is 0 Å². The van der Waals surface area contributed by atoms with Crippen LogP contribution >= 0.6 is 0 Å². The predicted molar refractivity (Wildman–Crippen MR) is 41.4 cm³/mol. The fourth-order valence-electron chi connectivity index (χ4n) is 1.42. The van der Waals surface area contributed by atoms with E-state index in [4.69, 9.17) is 0 Å². The fourth-order valence-corrected chi connectivity index (χ4v) is 1.42. The molecule has 0 spiro atoms. The van der Waals surface area contributed by atoms with Crippen molar-refractivity contribution in [3.05, 3.63) is 12.2 Å². The van der Waals surface area contributed by atoms with Gasteiger partial charge in [-0.25, -0.2) is 0 Å². The molecule has 1 aliphatic rings. The molecule has 0 aromatic heterocycles. The van der Waals surface area contributed by atoms with Crippen molar-refractivity contribution in [2.75, 3.05) is 0 Å². The first-order chi connectivity index (χ1) is 4.29. The van der Waals surface area contributed by atoms with Crippen molar-refractivity contribution in [2.45, 2.75) is 39.0 Å². The fraction of sp³-hybridized carbons (Fsp3) is 0.778. The van der Waals surface area contributed by atoms with Crippen LogP contribution in [0.5, 0.6) is 0 Å². The summed E-state index contributed by atoms with van der Waals surface area (Å²) < 4.78 is 0. The Morgan fingerprint density at radius 3 is 2.89 bits per heavy atom. The molecule has 0 aromatic rings. The van der Waals surface area contributed by atoms with Gasteiger partial charge < -0.3 is 0 Å². The Morgan fingerprint density at radius 1 is 1.33 bits per heavy atom. The highest BCUT2D eigenvalue weighted by Gasteiger charge is 2.07. The van der Waals surface area contributed by atoms with Gasteiger partial charge in [0.05, 0.1) is 0 Å². The van der Waals surface area contributed by atoms with Gasteiger partial charge in [0.1, 0.15) is 0 Å². The normalized spacial score (nSPS) is 29.9. The monoisotopic (exact) mass is 124 g/mol. The zero-order chi connectivity index (χ0) is 6.69. The van der Waals surface area contributed by atoms with E-state index in [1.54, 1.807) is 0 Å². The van der Waals surface area contributed by atoms with Gasteiger partial charge in [0.2, 0.25) is 0 Å². The Labute approximate surface area is 58.0 Å². The summed E-state index contributed by atoms with van der Waals surface area (Å²) in [7, 11) is 0. The quantitative estimate of drug-likeness (QED) is 0.344. The van der Waals surface area contributed by atoms with Gasteiger partial charge in [0, 0.05) is 0 Å². The van der Waals surface area contributed by atoms with Crippen LogP contribution in [0.25, 0.3) is 0 Å².